The summed E-state index contributed by atoms with van der Waals surface area (Å²) in [6.45, 7) is 0.644. The molecule has 1 aromatic rings. The number of aromatic carboxylic acids is 1. The second kappa shape index (κ2) is 5.12. The first-order valence-electron chi connectivity index (χ1n) is 7.30. The number of carboxylic acid groups (broad SMARTS) is 2. The first kappa shape index (κ1) is 14.6. The maximum Gasteiger partial charge on any atom is 0.335 e. The van der Waals surface area contributed by atoms with Gasteiger partial charge in [0.15, 0.2) is 0 Å². The van der Waals surface area contributed by atoms with Crippen LogP contribution in [0.3, 0.4) is 0 Å². The van der Waals surface area contributed by atoms with E-state index in [2.05, 4.69) is 0 Å². The standard InChI is InChI=1S/C16H17NO5/c18-13(10-3-1-4-11(7-10)14(19)20)17-8-12-5-2-6-16(12,9-17)15(21)22/h1,3-4,7,12H,2,5-6,8-9H2,(H,19,20)(H,21,22)/t12-,16+/m0/s1. The molecule has 0 bridgehead atoms. The Morgan fingerprint density at radius 2 is 1.91 bits per heavy atom. The molecule has 0 aromatic heterocycles. The van der Waals surface area contributed by atoms with Crippen molar-refractivity contribution in [1.82, 2.24) is 4.90 Å². The monoisotopic (exact) mass is 303 g/mol. The number of nitrogens with zero attached hydrogens (tertiary/aromatic N) is 1. The van der Waals surface area contributed by atoms with E-state index in [1.807, 2.05) is 0 Å². The van der Waals surface area contributed by atoms with Crippen molar-refractivity contribution in [3.63, 3.8) is 0 Å². The van der Waals surface area contributed by atoms with E-state index in [1.165, 1.54) is 18.2 Å². The van der Waals surface area contributed by atoms with Crippen LogP contribution in [0.15, 0.2) is 24.3 Å². The highest BCUT2D eigenvalue weighted by Gasteiger charge is 2.55. The molecule has 22 heavy (non-hydrogen) atoms. The summed E-state index contributed by atoms with van der Waals surface area (Å²) in [5.74, 6) is -2.21. The fraction of sp³-hybridized carbons (Fsp3) is 0.438. The summed E-state index contributed by atoms with van der Waals surface area (Å²) in [5.41, 5.74) is -0.473. The molecule has 1 aliphatic heterocycles. The molecule has 0 radical (unpaired) electrons. The van der Waals surface area contributed by atoms with Gasteiger partial charge in [-0.1, -0.05) is 12.5 Å². The van der Waals surface area contributed by atoms with Crippen molar-refractivity contribution in [1.29, 1.82) is 0 Å². The molecule has 1 saturated carbocycles. The zero-order chi connectivity index (χ0) is 15.9. The SMILES string of the molecule is O=C(O)c1cccc(C(=O)N2C[C@@H]3CCC[C@@]3(C(=O)O)C2)c1. The number of fused-ring (bicyclic) bond motifs is 1. The summed E-state index contributed by atoms with van der Waals surface area (Å²) in [6.07, 6.45) is 2.31. The lowest BCUT2D eigenvalue weighted by molar-refractivity contribution is -0.149. The van der Waals surface area contributed by atoms with Gasteiger partial charge in [0.2, 0.25) is 0 Å². The lowest BCUT2D eigenvalue weighted by Gasteiger charge is -2.23. The van der Waals surface area contributed by atoms with Gasteiger partial charge in [-0.15, -0.1) is 0 Å². The fourth-order valence-corrected chi connectivity index (χ4v) is 3.76. The van der Waals surface area contributed by atoms with Crippen LogP contribution >= 0.6 is 0 Å². The predicted octanol–water partition coefficient (Wildman–Crippen LogP) is 1.71. The zero-order valence-electron chi connectivity index (χ0n) is 12.0. The highest BCUT2D eigenvalue weighted by molar-refractivity contribution is 5.98. The lowest BCUT2D eigenvalue weighted by atomic mass is 9.81. The van der Waals surface area contributed by atoms with E-state index in [0.717, 1.165) is 12.8 Å². The van der Waals surface area contributed by atoms with Crippen molar-refractivity contribution in [2.45, 2.75) is 19.3 Å². The minimum absolute atomic E-state index is 0.00314. The van der Waals surface area contributed by atoms with Gasteiger partial charge in [0.05, 0.1) is 11.0 Å². The molecule has 0 spiro atoms. The van der Waals surface area contributed by atoms with Crippen LogP contribution in [0.2, 0.25) is 0 Å². The van der Waals surface area contributed by atoms with E-state index in [1.54, 1.807) is 11.0 Å². The fourth-order valence-electron chi connectivity index (χ4n) is 3.76. The maximum absolute atomic E-state index is 12.6. The van der Waals surface area contributed by atoms with Crippen LogP contribution in [0.1, 0.15) is 40.0 Å². The van der Waals surface area contributed by atoms with E-state index in [0.29, 0.717) is 18.5 Å². The number of hydrogen-bond donors (Lipinski definition) is 2. The van der Waals surface area contributed by atoms with E-state index < -0.39 is 17.4 Å². The van der Waals surface area contributed by atoms with E-state index >= 15 is 0 Å². The van der Waals surface area contributed by atoms with E-state index in [4.69, 9.17) is 5.11 Å². The van der Waals surface area contributed by atoms with Gasteiger partial charge in [-0.3, -0.25) is 9.59 Å². The third kappa shape index (κ3) is 2.15. The number of hydrogen-bond acceptors (Lipinski definition) is 3. The van der Waals surface area contributed by atoms with Gasteiger partial charge in [-0.05, 0) is 37.0 Å². The second-order valence-corrected chi connectivity index (χ2v) is 6.12. The van der Waals surface area contributed by atoms with Crippen molar-refractivity contribution in [3.8, 4) is 0 Å². The topological polar surface area (TPSA) is 94.9 Å². The number of aliphatic carboxylic acids is 1. The largest absolute Gasteiger partial charge is 0.481 e. The van der Waals surface area contributed by atoms with Crippen LogP contribution in [-0.4, -0.2) is 46.0 Å². The molecule has 6 heteroatoms. The Balaban J connectivity index is 1.84. The molecule has 1 saturated heterocycles. The first-order chi connectivity index (χ1) is 10.4. The van der Waals surface area contributed by atoms with Gasteiger partial charge in [0.1, 0.15) is 0 Å². The number of carbonyl (C=O) groups excluding carboxylic acids is 1. The van der Waals surface area contributed by atoms with Crippen LogP contribution in [0.5, 0.6) is 0 Å². The van der Waals surface area contributed by atoms with Gasteiger partial charge in [-0.25, -0.2) is 4.79 Å². The Kier molecular flexibility index (Phi) is 3.39. The predicted molar refractivity (Wildman–Crippen MR) is 76.7 cm³/mol. The average Bonchev–Trinajstić information content (AvgIpc) is 3.04. The summed E-state index contributed by atoms with van der Waals surface area (Å²) in [6, 6.07) is 5.86. The smallest absolute Gasteiger partial charge is 0.335 e. The molecule has 1 heterocycles. The number of likely N-dealkylation sites (tertiary alicyclic amines) is 1. The van der Waals surface area contributed by atoms with Crippen molar-refractivity contribution in [2.24, 2.45) is 11.3 Å². The molecular formula is C16H17NO5. The highest BCUT2D eigenvalue weighted by Crippen LogP contribution is 2.49. The van der Waals surface area contributed by atoms with Crippen LogP contribution in [0, 0.1) is 11.3 Å². The number of benzene rings is 1. The Labute approximate surface area is 127 Å². The van der Waals surface area contributed by atoms with Gasteiger partial charge < -0.3 is 15.1 Å². The minimum atomic E-state index is -1.09. The number of rotatable bonds is 3. The van der Waals surface area contributed by atoms with Crippen molar-refractivity contribution in [2.75, 3.05) is 13.1 Å². The quantitative estimate of drug-likeness (QED) is 0.886. The van der Waals surface area contributed by atoms with E-state index in [-0.39, 0.29) is 23.9 Å². The summed E-state index contributed by atoms with van der Waals surface area (Å²) >= 11 is 0. The second-order valence-electron chi connectivity index (χ2n) is 6.12. The number of amides is 1. The molecule has 1 aromatic carbocycles. The molecule has 2 N–H and O–H groups in total. The van der Waals surface area contributed by atoms with Gasteiger partial charge in [-0.2, -0.15) is 0 Å². The molecule has 2 aliphatic rings. The summed E-state index contributed by atoms with van der Waals surface area (Å²) in [4.78, 5) is 36.7. The highest BCUT2D eigenvalue weighted by atomic mass is 16.4. The van der Waals surface area contributed by atoms with Crippen LogP contribution in [0.25, 0.3) is 0 Å². The molecule has 1 amide bonds. The zero-order valence-corrected chi connectivity index (χ0v) is 12.0. The molecule has 2 fully saturated rings. The average molecular weight is 303 g/mol. The molecular weight excluding hydrogens is 286 g/mol. The molecule has 6 nitrogen and oxygen atoms in total. The first-order valence-corrected chi connectivity index (χ1v) is 7.30. The van der Waals surface area contributed by atoms with Crippen molar-refractivity contribution in [3.05, 3.63) is 35.4 Å². The molecule has 116 valence electrons. The maximum atomic E-state index is 12.6. The Bertz CT molecular complexity index is 656. The normalized spacial score (nSPS) is 26.7. The Morgan fingerprint density at radius 3 is 2.55 bits per heavy atom. The van der Waals surface area contributed by atoms with Gasteiger partial charge in [0, 0.05) is 18.7 Å². The lowest BCUT2D eigenvalue weighted by Crippen LogP contribution is -2.37. The van der Waals surface area contributed by atoms with Crippen LogP contribution in [-0.2, 0) is 4.79 Å². The summed E-state index contributed by atoms with van der Waals surface area (Å²) in [5, 5.41) is 18.5. The third-order valence-electron chi connectivity index (χ3n) is 4.94. The number of carboxylic acids is 2. The Hall–Kier alpha value is -2.37. The van der Waals surface area contributed by atoms with Crippen molar-refractivity contribution >= 4 is 17.8 Å². The number of carbonyl (C=O) groups is 3. The Morgan fingerprint density at radius 1 is 1.18 bits per heavy atom. The van der Waals surface area contributed by atoms with Crippen LogP contribution in [0.4, 0.5) is 0 Å². The van der Waals surface area contributed by atoms with E-state index in [9.17, 15) is 19.5 Å². The molecule has 3 rings (SSSR count). The summed E-state index contributed by atoms with van der Waals surface area (Å²) in [7, 11) is 0. The van der Waals surface area contributed by atoms with Gasteiger partial charge in [0.25, 0.3) is 5.91 Å². The van der Waals surface area contributed by atoms with Crippen LogP contribution < -0.4 is 0 Å². The van der Waals surface area contributed by atoms with Gasteiger partial charge >= 0.3 is 11.9 Å². The summed E-state index contributed by atoms with van der Waals surface area (Å²) < 4.78 is 0. The third-order valence-corrected chi connectivity index (χ3v) is 4.94. The molecule has 0 unspecified atom stereocenters. The minimum Gasteiger partial charge on any atom is -0.481 e. The molecule has 2 atom stereocenters. The molecule has 1 aliphatic carbocycles. The van der Waals surface area contributed by atoms with Crippen molar-refractivity contribution < 1.29 is 24.6 Å².